The summed E-state index contributed by atoms with van der Waals surface area (Å²) < 4.78 is 6.41. The smallest absolute Gasteiger partial charge is 0.125 e. The van der Waals surface area contributed by atoms with Gasteiger partial charge in [0.15, 0.2) is 0 Å². The van der Waals surface area contributed by atoms with Gasteiger partial charge in [0, 0.05) is 12.0 Å². The fourth-order valence-electron chi connectivity index (χ4n) is 4.85. The molecule has 2 aliphatic carbocycles. The molecule has 1 N–H and O–H groups in total. The van der Waals surface area contributed by atoms with E-state index in [0.29, 0.717) is 5.92 Å². The highest BCUT2D eigenvalue weighted by molar-refractivity contribution is 5.42. The third-order valence-corrected chi connectivity index (χ3v) is 6.13. The van der Waals surface area contributed by atoms with Crippen molar-refractivity contribution >= 4 is 0 Å². The Morgan fingerprint density at radius 1 is 0.955 bits per heavy atom. The monoisotopic (exact) mass is 300 g/mol. The molecule has 1 atom stereocenters. The average Bonchev–Trinajstić information content (AvgIpc) is 2.56. The molecule has 3 aliphatic rings. The van der Waals surface area contributed by atoms with Gasteiger partial charge in [-0.3, -0.25) is 0 Å². The molecule has 0 aromatic heterocycles. The number of aliphatic hydroxyl groups excluding tert-OH is 1. The summed E-state index contributed by atoms with van der Waals surface area (Å²) in [6.07, 6.45) is 13.1. The Morgan fingerprint density at radius 3 is 2.45 bits per heavy atom. The maximum atomic E-state index is 10.7. The highest BCUT2D eigenvalue weighted by atomic mass is 16.5. The number of hydrogen-bond donors (Lipinski definition) is 1. The lowest BCUT2D eigenvalue weighted by atomic mass is 9.77. The zero-order valence-corrected chi connectivity index (χ0v) is 13.5. The van der Waals surface area contributed by atoms with Crippen LogP contribution in [0.5, 0.6) is 5.75 Å². The molecule has 1 heterocycles. The van der Waals surface area contributed by atoms with E-state index in [9.17, 15) is 5.11 Å². The van der Waals surface area contributed by atoms with Crippen LogP contribution in [0.3, 0.4) is 0 Å². The lowest BCUT2D eigenvalue weighted by Crippen LogP contribution is -2.42. The number of benzene rings is 1. The zero-order chi connectivity index (χ0) is 15.0. The molecule has 1 aromatic carbocycles. The van der Waals surface area contributed by atoms with Crippen LogP contribution >= 0.6 is 0 Å². The molecule has 2 fully saturated rings. The molecular formula is C20H28O2. The number of ether oxygens (including phenoxy) is 1. The van der Waals surface area contributed by atoms with Crippen LogP contribution in [0, 0.1) is 0 Å². The minimum absolute atomic E-state index is 0.0863. The Balaban J connectivity index is 1.59. The summed E-state index contributed by atoms with van der Waals surface area (Å²) in [5, 5.41) is 10.7. The minimum Gasteiger partial charge on any atom is -0.487 e. The first-order chi connectivity index (χ1) is 10.8. The van der Waals surface area contributed by atoms with E-state index in [-0.39, 0.29) is 11.7 Å². The highest BCUT2D eigenvalue weighted by Gasteiger charge is 2.41. The second-order valence-electron chi connectivity index (χ2n) is 7.70. The molecule has 0 saturated heterocycles. The summed E-state index contributed by atoms with van der Waals surface area (Å²) in [5.74, 6) is 1.64. The van der Waals surface area contributed by atoms with Gasteiger partial charge in [0.1, 0.15) is 11.4 Å². The van der Waals surface area contributed by atoms with Gasteiger partial charge in [-0.15, -0.1) is 0 Å². The van der Waals surface area contributed by atoms with Gasteiger partial charge in [-0.25, -0.2) is 0 Å². The summed E-state index contributed by atoms with van der Waals surface area (Å²) in [6.45, 7) is 0. The van der Waals surface area contributed by atoms with Crippen LogP contribution in [-0.4, -0.2) is 10.7 Å². The molecule has 0 radical (unpaired) electrons. The first-order valence-corrected chi connectivity index (χ1v) is 9.27. The fourth-order valence-corrected chi connectivity index (χ4v) is 4.85. The van der Waals surface area contributed by atoms with E-state index in [4.69, 9.17) is 4.74 Å². The van der Waals surface area contributed by atoms with Crippen molar-refractivity contribution in [3.63, 3.8) is 0 Å². The Morgan fingerprint density at radius 2 is 1.68 bits per heavy atom. The molecule has 0 bridgehead atoms. The molecular weight excluding hydrogens is 272 g/mol. The van der Waals surface area contributed by atoms with Crippen LogP contribution in [-0.2, 0) is 0 Å². The van der Waals surface area contributed by atoms with E-state index in [1.54, 1.807) is 0 Å². The first kappa shape index (κ1) is 14.6. The van der Waals surface area contributed by atoms with Gasteiger partial charge in [-0.2, -0.15) is 0 Å². The zero-order valence-electron chi connectivity index (χ0n) is 13.5. The van der Waals surface area contributed by atoms with E-state index in [0.717, 1.165) is 30.6 Å². The topological polar surface area (TPSA) is 29.5 Å². The standard InChI is InChI=1S/C20H28O2/c21-18-14-20(11-5-2-6-12-20)22-19-10-9-16(13-17(18)19)15-7-3-1-4-8-15/h9-10,13,15,18,21H,1-8,11-12,14H2. The Hall–Kier alpha value is -1.02. The number of hydrogen-bond acceptors (Lipinski definition) is 2. The van der Waals surface area contributed by atoms with Gasteiger partial charge >= 0.3 is 0 Å². The molecule has 1 spiro atoms. The van der Waals surface area contributed by atoms with E-state index < -0.39 is 0 Å². The summed E-state index contributed by atoms with van der Waals surface area (Å²) >= 11 is 0. The van der Waals surface area contributed by atoms with E-state index in [1.165, 1.54) is 56.9 Å². The molecule has 2 heteroatoms. The first-order valence-electron chi connectivity index (χ1n) is 9.27. The predicted octanol–water partition coefficient (Wildman–Crippen LogP) is 5.25. The third kappa shape index (κ3) is 2.67. The summed E-state index contributed by atoms with van der Waals surface area (Å²) in [5.41, 5.74) is 2.37. The number of rotatable bonds is 1. The van der Waals surface area contributed by atoms with Crippen LogP contribution in [0.4, 0.5) is 0 Å². The minimum atomic E-state index is -0.342. The van der Waals surface area contributed by atoms with Gasteiger partial charge in [0.05, 0.1) is 6.10 Å². The lowest BCUT2D eigenvalue weighted by molar-refractivity contribution is -0.0382. The Labute approximate surface area is 133 Å². The van der Waals surface area contributed by atoms with Gasteiger partial charge in [-0.1, -0.05) is 31.7 Å². The maximum Gasteiger partial charge on any atom is 0.125 e. The summed E-state index contributed by atoms with van der Waals surface area (Å²) in [6, 6.07) is 6.63. The normalized spacial score (nSPS) is 28.1. The SMILES string of the molecule is OC1CC2(CCCCC2)Oc2ccc(C3CCCCC3)cc21. The van der Waals surface area contributed by atoms with Crippen molar-refractivity contribution in [2.45, 2.75) is 88.3 Å². The molecule has 22 heavy (non-hydrogen) atoms. The molecule has 1 unspecified atom stereocenters. The van der Waals surface area contributed by atoms with Crippen molar-refractivity contribution in [1.82, 2.24) is 0 Å². The maximum absolute atomic E-state index is 10.7. The van der Waals surface area contributed by atoms with E-state index in [2.05, 4.69) is 18.2 Å². The molecule has 1 aliphatic heterocycles. The second-order valence-corrected chi connectivity index (χ2v) is 7.70. The quantitative estimate of drug-likeness (QED) is 0.767. The number of aliphatic hydroxyl groups is 1. The van der Waals surface area contributed by atoms with Crippen molar-refractivity contribution in [1.29, 1.82) is 0 Å². The highest BCUT2D eigenvalue weighted by Crippen LogP contribution is 2.47. The molecule has 1 aromatic rings. The number of fused-ring (bicyclic) bond motifs is 1. The van der Waals surface area contributed by atoms with Crippen molar-refractivity contribution in [2.24, 2.45) is 0 Å². The van der Waals surface area contributed by atoms with Crippen molar-refractivity contribution in [3.8, 4) is 5.75 Å². The lowest BCUT2D eigenvalue weighted by Gasteiger charge is -2.43. The van der Waals surface area contributed by atoms with Crippen LogP contribution in [0.1, 0.15) is 93.8 Å². The van der Waals surface area contributed by atoms with Crippen LogP contribution < -0.4 is 4.74 Å². The van der Waals surface area contributed by atoms with E-state index >= 15 is 0 Å². The van der Waals surface area contributed by atoms with Crippen molar-refractivity contribution in [2.75, 3.05) is 0 Å². The van der Waals surface area contributed by atoms with Gasteiger partial charge < -0.3 is 9.84 Å². The molecule has 0 amide bonds. The van der Waals surface area contributed by atoms with Crippen LogP contribution in [0.25, 0.3) is 0 Å². The van der Waals surface area contributed by atoms with Crippen molar-refractivity contribution < 1.29 is 9.84 Å². The average molecular weight is 300 g/mol. The van der Waals surface area contributed by atoms with Crippen molar-refractivity contribution in [3.05, 3.63) is 29.3 Å². The summed E-state index contributed by atoms with van der Waals surface area (Å²) in [7, 11) is 0. The van der Waals surface area contributed by atoms with Gasteiger partial charge in [0.25, 0.3) is 0 Å². The largest absolute Gasteiger partial charge is 0.487 e. The molecule has 2 saturated carbocycles. The van der Waals surface area contributed by atoms with Gasteiger partial charge in [-0.05, 0) is 62.1 Å². The van der Waals surface area contributed by atoms with Gasteiger partial charge in [0.2, 0.25) is 0 Å². The predicted molar refractivity (Wildman–Crippen MR) is 88.3 cm³/mol. The van der Waals surface area contributed by atoms with Crippen LogP contribution in [0.15, 0.2) is 18.2 Å². The fraction of sp³-hybridized carbons (Fsp3) is 0.700. The third-order valence-electron chi connectivity index (χ3n) is 6.13. The Kier molecular flexibility index (Phi) is 3.89. The molecule has 120 valence electrons. The van der Waals surface area contributed by atoms with Crippen LogP contribution in [0.2, 0.25) is 0 Å². The van der Waals surface area contributed by atoms with E-state index in [1.807, 2.05) is 0 Å². The second kappa shape index (κ2) is 5.88. The molecule has 4 rings (SSSR count). The Bertz CT molecular complexity index is 525. The molecule has 2 nitrogen and oxygen atoms in total. The summed E-state index contributed by atoms with van der Waals surface area (Å²) in [4.78, 5) is 0.